The van der Waals surface area contributed by atoms with Gasteiger partial charge in [-0.05, 0) is 36.5 Å². The second-order valence-electron chi connectivity index (χ2n) is 9.40. The van der Waals surface area contributed by atoms with E-state index < -0.39 is 0 Å². The van der Waals surface area contributed by atoms with Crippen molar-refractivity contribution in [1.29, 1.82) is 0 Å². The largest absolute Gasteiger partial charge is 1.00 e. The minimum absolute atomic E-state index is 0. The zero-order valence-electron chi connectivity index (χ0n) is 20.0. The van der Waals surface area contributed by atoms with Gasteiger partial charge < -0.3 is 26.4 Å². The lowest BCUT2D eigenvalue weighted by Crippen LogP contribution is -3.00. The number of rotatable bonds is 15. The molecule has 31 heavy (non-hydrogen) atoms. The second-order valence-corrected chi connectivity index (χ2v) is 9.40. The lowest BCUT2D eigenvalue weighted by molar-refractivity contribution is -0.904. The van der Waals surface area contributed by atoms with E-state index >= 15 is 0 Å². The zero-order chi connectivity index (χ0) is 21.7. The number of hydrogen-bond donors (Lipinski definition) is 0. The first-order chi connectivity index (χ1) is 14.4. The lowest BCUT2D eigenvalue weighted by Gasteiger charge is -2.29. The summed E-state index contributed by atoms with van der Waals surface area (Å²) >= 11 is 0. The molecule has 0 unspecified atom stereocenters. The average Bonchev–Trinajstić information content (AvgIpc) is 2.71. The Morgan fingerprint density at radius 2 is 1.48 bits per heavy atom. The maximum Gasteiger partial charge on any atom is 0.119 e. The molecule has 0 saturated carbocycles. The summed E-state index contributed by atoms with van der Waals surface area (Å²) in [5, 5.41) is 0. The van der Waals surface area contributed by atoms with Gasteiger partial charge in [-0.1, -0.05) is 75.6 Å². The van der Waals surface area contributed by atoms with Crippen LogP contribution >= 0.6 is 0 Å². The minimum atomic E-state index is 0. The van der Waals surface area contributed by atoms with Crippen LogP contribution in [0.4, 0.5) is 0 Å². The van der Waals surface area contributed by atoms with E-state index in [9.17, 15) is 0 Å². The molecule has 2 aromatic rings. The van der Waals surface area contributed by atoms with E-state index in [1.54, 1.807) is 0 Å². The third-order valence-electron chi connectivity index (χ3n) is 5.46. The van der Waals surface area contributed by atoms with Crippen LogP contribution in [0.1, 0.15) is 50.7 Å². The first kappa shape index (κ1) is 27.5. The SMILES string of the molecule is CC(C)CCCCCc1ccc(OCCOCC[N+](C)(C)Cc2ccccc2)cc1.[Cl-]. The van der Waals surface area contributed by atoms with Crippen LogP contribution < -0.4 is 17.1 Å². The summed E-state index contributed by atoms with van der Waals surface area (Å²) in [6, 6.07) is 19.2. The molecule has 0 atom stereocenters. The van der Waals surface area contributed by atoms with E-state index in [0.717, 1.165) is 35.8 Å². The molecular weight excluding hydrogens is 406 g/mol. The normalized spacial score (nSPS) is 11.4. The number of benzene rings is 2. The van der Waals surface area contributed by atoms with E-state index in [0.29, 0.717) is 13.2 Å². The number of likely N-dealkylation sites (N-methyl/N-ethyl adjacent to an activating group) is 1. The molecule has 0 aromatic heterocycles. The maximum atomic E-state index is 5.83. The standard InChI is InChI=1S/C27H42NO2.ClH/c1-24(2)11-7-5-8-12-25-15-17-27(18-16-25)30-22-21-29-20-19-28(3,4)23-26-13-9-6-10-14-26;/h6,9-10,13-18,24H,5,7-8,11-12,19-23H2,1-4H3;1H/q+1;/p-1. The quantitative estimate of drug-likeness (QED) is 0.308. The fourth-order valence-electron chi connectivity index (χ4n) is 3.60. The fourth-order valence-corrected chi connectivity index (χ4v) is 3.60. The summed E-state index contributed by atoms with van der Waals surface area (Å²) < 4.78 is 12.6. The van der Waals surface area contributed by atoms with Gasteiger partial charge in [0.15, 0.2) is 0 Å². The Kier molecular flexibility index (Phi) is 13.6. The lowest BCUT2D eigenvalue weighted by atomic mass is 10.0. The van der Waals surface area contributed by atoms with Gasteiger partial charge in [-0.3, -0.25) is 0 Å². The van der Waals surface area contributed by atoms with E-state index in [2.05, 4.69) is 82.5 Å². The van der Waals surface area contributed by atoms with Crippen molar-refractivity contribution < 1.29 is 26.4 Å². The number of unbranched alkanes of at least 4 members (excludes halogenated alkanes) is 2. The first-order valence-electron chi connectivity index (χ1n) is 11.6. The average molecular weight is 448 g/mol. The van der Waals surface area contributed by atoms with Crippen LogP contribution in [-0.2, 0) is 17.7 Å². The number of ether oxygens (including phenoxy) is 2. The third-order valence-corrected chi connectivity index (χ3v) is 5.46. The number of aryl methyl sites for hydroxylation is 1. The summed E-state index contributed by atoms with van der Waals surface area (Å²) in [7, 11) is 4.50. The number of quaternary nitrogens is 1. The summed E-state index contributed by atoms with van der Waals surface area (Å²) in [6.45, 7) is 8.58. The Labute approximate surface area is 196 Å². The molecule has 0 aliphatic carbocycles. The first-order valence-corrected chi connectivity index (χ1v) is 11.6. The highest BCUT2D eigenvalue weighted by Gasteiger charge is 2.15. The summed E-state index contributed by atoms with van der Waals surface area (Å²) in [5.74, 6) is 1.76. The predicted molar refractivity (Wildman–Crippen MR) is 127 cm³/mol. The van der Waals surface area contributed by atoms with Crippen LogP contribution in [0.5, 0.6) is 5.75 Å². The van der Waals surface area contributed by atoms with Gasteiger partial charge >= 0.3 is 0 Å². The van der Waals surface area contributed by atoms with Gasteiger partial charge in [0.2, 0.25) is 0 Å². The minimum Gasteiger partial charge on any atom is -1.00 e. The summed E-state index contributed by atoms with van der Waals surface area (Å²) in [5.41, 5.74) is 2.77. The van der Waals surface area contributed by atoms with Gasteiger partial charge in [-0.25, -0.2) is 0 Å². The van der Waals surface area contributed by atoms with Crippen molar-refractivity contribution >= 4 is 0 Å². The van der Waals surface area contributed by atoms with E-state index in [1.807, 2.05) is 0 Å². The van der Waals surface area contributed by atoms with E-state index in [1.165, 1.54) is 43.2 Å². The molecule has 2 rings (SSSR count). The van der Waals surface area contributed by atoms with Crippen LogP contribution in [0.15, 0.2) is 54.6 Å². The van der Waals surface area contributed by atoms with Gasteiger partial charge in [0.1, 0.15) is 25.4 Å². The topological polar surface area (TPSA) is 18.5 Å². The van der Waals surface area contributed by atoms with Gasteiger partial charge in [-0.2, -0.15) is 0 Å². The Morgan fingerprint density at radius 3 is 2.16 bits per heavy atom. The van der Waals surface area contributed by atoms with Gasteiger partial charge in [0.05, 0.1) is 27.3 Å². The number of halogens is 1. The summed E-state index contributed by atoms with van der Waals surface area (Å²) in [4.78, 5) is 0. The monoisotopic (exact) mass is 447 g/mol. The molecule has 0 bridgehead atoms. The Bertz CT molecular complexity index is 686. The van der Waals surface area contributed by atoms with Crippen molar-refractivity contribution in [3.05, 3.63) is 65.7 Å². The molecule has 4 heteroatoms. The summed E-state index contributed by atoms with van der Waals surface area (Å²) in [6.07, 6.45) is 6.46. The van der Waals surface area contributed by atoms with Crippen LogP contribution in [0.3, 0.4) is 0 Å². The highest BCUT2D eigenvalue weighted by Crippen LogP contribution is 2.15. The smallest absolute Gasteiger partial charge is 0.119 e. The maximum absolute atomic E-state index is 5.83. The van der Waals surface area contributed by atoms with Gasteiger partial charge in [0.25, 0.3) is 0 Å². The zero-order valence-corrected chi connectivity index (χ0v) is 20.7. The molecular formula is C27H42ClNO2. The molecule has 0 aliphatic rings. The van der Waals surface area contributed by atoms with Crippen molar-refractivity contribution in [2.24, 2.45) is 5.92 Å². The Balaban J connectivity index is 0.00000480. The van der Waals surface area contributed by atoms with Crippen LogP contribution in [0.25, 0.3) is 0 Å². The van der Waals surface area contributed by atoms with Crippen molar-refractivity contribution in [3.8, 4) is 5.75 Å². The number of hydrogen-bond acceptors (Lipinski definition) is 2. The number of nitrogens with zero attached hydrogens (tertiary/aromatic N) is 1. The van der Waals surface area contributed by atoms with Crippen LogP contribution in [0, 0.1) is 5.92 Å². The second kappa shape index (κ2) is 15.3. The van der Waals surface area contributed by atoms with Crippen molar-refractivity contribution in [3.63, 3.8) is 0 Å². The van der Waals surface area contributed by atoms with E-state index in [-0.39, 0.29) is 12.4 Å². The molecule has 0 N–H and O–H groups in total. The van der Waals surface area contributed by atoms with Crippen molar-refractivity contribution in [2.75, 3.05) is 40.5 Å². The van der Waals surface area contributed by atoms with Crippen LogP contribution in [0.2, 0.25) is 0 Å². The molecule has 0 fully saturated rings. The fraction of sp³-hybridized carbons (Fsp3) is 0.556. The molecule has 0 radical (unpaired) electrons. The predicted octanol–water partition coefficient (Wildman–Crippen LogP) is 3.12. The molecule has 174 valence electrons. The van der Waals surface area contributed by atoms with E-state index in [4.69, 9.17) is 9.47 Å². The molecule has 0 spiro atoms. The van der Waals surface area contributed by atoms with Crippen molar-refractivity contribution in [1.82, 2.24) is 0 Å². The Morgan fingerprint density at radius 1 is 0.774 bits per heavy atom. The Hall–Kier alpha value is -1.55. The third kappa shape index (κ3) is 12.8. The molecule has 0 aliphatic heterocycles. The molecule has 0 saturated heterocycles. The highest BCUT2D eigenvalue weighted by atomic mass is 35.5. The molecule has 0 amide bonds. The molecule has 0 heterocycles. The molecule has 3 nitrogen and oxygen atoms in total. The van der Waals surface area contributed by atoms with Crippen LogP contribution in [-0.4, -0.2) is 44.9 Å². The van der Waals surface area contributed by atoms with Crippen molar-refractivity contribution in [2.45, 2.75) is 52.5 Å². The van der Waals surface area contributed by atoms with Gasteiger partial charge in [0, 0.05) is 5.56 Å². The molecule has 2 aromatic carbocycles. The van der Waals surface area contributed by atoms with Gasteiger partial charge in [-0.15, -0.1) is 0 Å². The highest BCUT2D eigenvalue weighted by molar-refractivity contribution is 5.27.